The van der Waals surface area contributed by atoms with Crippen LogP contribution in [0.25, 0.3) is 11.0 Å². The first-order chi connectivity index (χ1) is 15.5. The van der Waals surface area contributed by atoms with Crippen LogP contribution in [0.5, 0.6) is 5.75 Å². The Morgan fingerprint density at radius 3 is 2.66 bits per heavy atom. The molecule has 2 aliphatic carbocycles. The number of carbonyl (C=O) groups excluding carboxylic acids is 1. The van der Waals surface area contributed by atoms with E-state index in [2.05, 4.69) is 19.2 Å². The molecular formula is C27H31NO4. The molecule has 1 saturated carbocycles. The number of ketones is 1. The fourth-order valence-corrected chi connectivity index (χ4v) is 5.40. The maximum atomic E-state index is 13.4. The van der Waals surface area contributed by atoms with Gasteiger partial charge in [-0.2, -0.15) is 0 Å². The van der Waals surface area contributed by atoms with Gasteiger partial charge in [0, 0.05) is 28.4 Å². The number of fused-ring (bicyclic) bond motifs is 4. The summed E-state index contributed by atoms with van der Waals surface area (Å²) in [6.07, 6.45) is 5.59. The molecule has 0 bridgehead atoms. The first kappa shape index (κ1) is 21.2. The Morgan fingerprint density at radius 2 is 1.88 bits per heavy atom. The van der Waals surface area contributed by atoms with Crippen LogP contribution in [0.4, 0.5) is 0 Å². The monoisotopic (exact) mass is 433 g/mol. The van der Waals surface area contributed by atoms with Gasteiger partial charge in [0.2, 0.25) is 0 Å². The van der Waals surface area contributed by atoms with Crippen molar-refractivity contribution in [2.75, 3.05) is 19.8 Å². The first-order valence-electron chi connectivity index (χ1n) is 11.7. The van der Waals surface area contributed by atoms with Crippen LogP contribution in [0.2, 0.25) is 0 Å². The number of hydrogen-bond acceptors (Lipinski definition) is 5. The average Bonchev–Trinajstić information content (AvgIpc) is 3.22. The number of para-hydroxylation sites is 1. The Hall–Kier alpha value is -2.63. The zero-order valence-corrected chi connectivity index (χ0v) is 18.9. The van der Waals surface area contributed by atoms with Crippen LogP contribution < -0.4 is 10.1 Å². The minimum absolute atomic E-state index is 0.00896. The number of aliphatic hydroxyl groups excluding tert-OH is 1. The topological polar surface area (TPSA) is 71.7 Å². The van der Waals surface area contributed by atoms with Gasteiger partial charge in [-0.05, 0) is 56.5 Å². The van der Waals surface area contributed by atoms with Crippen molar-refractivity contribution in [3.8, 4) is 5.75 Å². The molecule has 0 saturated heterocycles. The lowest BCUT2D eigenvalue weighted by Gasteiger charge is -2.36. The second kappa shape index (κ2) is 8.05. The minimum Gasteiger partial charge on any atom is -0.492 e. The summed E-state index contributed by atoms with van der Waals surface area (Å²) in [4.78, 5) is 13.4. The molecule has 0 atom stereocenters. The third kappa shape index (κ3) is 3.44. The van der Waals surface area contributed by atoms with Crippen LogP contribution in [0.1, 0.15) is 73.2 Å². The highest BCUT2D eigenvalue weighted by Gasteiger charge is 2.41. The second-order valence-corrected chi connectivity index (χ2v) is 9.74. The van der Waals surface area contributed by atoms with E-state index in [4.69, 9.17) is 9.15 Å². The Bertz CT molecular complexity index is 1150. The van der Waals surface area contributed by atoms with Gasteiger partial charge in [0.1, 0.15) is 23.7 Å². The second-order valence-electron chi connectivity index (χ2n) is 9.74. The SMILES string of the molecule is CC1(C)c2cc(OCCNC3(CO)CCCCC3)ccc2C(=O)c2c1oc1ccccc21. The highest BCUT2D eigenvalue weighted by atomic mass is 16.5. The quantitative estimate of drug-likeness (QED) is 0.537. The summed E-state index contributed by atoms with van der Waals surface area (Å²) >= 11 is 0. The van der Waals surface area contributed by atoms with Crippen molar-refractivity contribution in [3.63, 3.8) is 0 Å². The molecule has 168 valence electrons. The zero-order valence-electron chi connectivity index (χ0n) is 18.9. The summed E-state index contributed by atoms with van der Waals surface area (Å²) in [6, 6.07) is 13.5. The number of nitrogens with one attached hydrogen (secondary N) is 1. The van der Waals surface area contributed by atoms with Gasteiger partial charge in [-0.25, -0.2) is 0 Å². The molecule has 0 spiro atoms. The Balaban J connectivity index is 1.35. The lowest BCUT2D eigenvalue weighted by atomic mass is 9.72. The third-order valence-corrected chi connectivity index (χ3v) is 7.28. The molecule has 1 fully saturated rings. The van der Waals surface area contributed by atoms with Gasteiger partial charge >= 0.3 is 0 Å². The van der Waals surface area contributed by atoms with Gasteiger partial charge < -0.3 is 19.6 Å². The molecule has 5 nitrogen and oxygen atoms in total. The van der Waals surface area contributed by atoms with Crippen molar-refractivity contribution in [3.05, 3.63) is 64.9 Å². The average molecular weight is 434 g/mol. The van der Waals surface area contributed by atoms with Gasteiger partial charge in [0.25, 0.3) is 0 Å². The fraction of sp³-hybridized carbons (Fsp3) is 0.444. The van der Waals surface area contributed by atoms with Gasteiger partial charge in [0.05, 0.1) is 12.2 Å². The van der Waals surface area contributed by atoms with Gasteiger partial charge in [-0.15, -0.1) is 0 Å². The van der Waals surface area contributed by atoms with E-state index in [0.29, 0.717) is 24.3 Å². The summed E-state index contributed by atoms with van der Waals surface area (Å²) in [5.74, 6) is 1.47. The van der Waals surface area contributed by atoms with E-state index in [9.17, 15) is 9.90 Å². The van der Waals surface area contributed by atoms with Gasteiger partial charge in [0.15, 0.2) is 5.78 Å². The molecule has 2 aromatic carbocycles. The first-order valence-corrected chi connectivity index (χ1v) is 11.7. The molecule has 2 N–H and O–H groups in total. The normalized spacial score (nSPS) is 18.9. The van der Waals surface area contributed by atoms with E-state index in [1.807, 2.05) is 42.5 Å². The van der Waals surface area contributed by atoms with Crippen molar-refractivity contribution < 1.29 is 19.1 Å². The predicted molar refractivity (Wildman–Crippen MR) is 125 cm³/mol. The fourth-order valence-electron chi connectivity index (χ4n) is 5.40. The highest BCUT2D eigenvalue weighted by Crippen LogP contribution is 2.46. The summed E-state index contributed by atoms with van der Waals surface area (Å²) in [5, 5.41) is 14.3. The third-order valence-electron chi connectivity index (χ3n) is 7.28. The van der Waals surface area contributed by atoms with E-state index < -0.39 is 5.41 Å². The van der Waals surface area contributed by atoms with E-state index in [1.54, 1.807) is 0 Å². The van der Waals surface area contributed by atoms with Crippen LogP contribution in [-0.2, 0) is 5.41 Å². The molecule has 0 unspecified atom stereocenters. The summed E-state index contributed by atoms with van der Waals surface area (Å²) < 4.78 is 12.2. The van der Waals surface area contributed by atoms with Crippen molar-refractivity contribution in [1.82, 2.24) is 5.32 Å². The molecule has 0 amide bonds. The van der Waals surface area contributed by atoms with Crippen LogP contribution in [0.15, 0.2) is 46.9 Å². The molecule has 5 heteroatoms. The molecule has 1 heterocycles. The van der Waals surface area contributed by atoms with Crippen molar-refractivity contribution in [2.24, 2.45) is 0 Å². The van der Waals surface area contributed by atoms with Crippen LogP contribution in [0.3, 0.4) is 0 Å². The number of hydrogen-bond donors (Lipinski definition) is 2. The Morgan fingerprint density at radius 1 is 1.09 bits per heavy atom. The summed E-state index contributed by atoms with van der Waals surface area (Å²) in [7, 11) is 0. The number of ether oxygens (including phenoxy) is 1. The molecular weight excluding hydrogens is 402 g/mol. The summed E-state index contributed by atoms with van der Waals surface area (Å²) in [5.41, 5.74) is 2.45. The maximum Gasteiger partial charge on any atom is 0.197 e. The standard InChI is InChI=1S/C27H31NO4/c1-26(2)21-16-18(31-15-14-28-27(17-29)12-6-3-7-13-27)10-11-19(21)24(30)23-20-8-4-5-9-22(20)32-25(23)26/h4-5,8-11,16,28-29H,3,6-7,12-15,17H2,1-2H3. The van der Waals surface area contributed by atoms with E-state index in [-0.39, 0.29) is 17.9 Å². The maximum absolute atomic E-state index is 13.4. The van der Waals surface area contributed by atoms with Crippen molar-refractivity contribution >= 4 is 16.8 Å². The number of rotatable bonds is 6. The van der Waals surface area contributed by atoms with Gasteiger partial charge in [-0.3, -0.25) is 4.79 Å². The van der Waals surface area contributed by atoms with E-state index in [1.165, 1.54) is 6.42 Å². The van der Waals surface area contributed by atoms with Crippen molar-refractivity contribution in [1.29, 1.82) is 0 Å². The highest BCUT2D eigenvalue weighted by molar-refractivity contribution is 6.19. The van der Waals surface area contributed by atoms with Crippen molar-refractivity contribution in [2.45, 2.75) is 56.9 Å². The lowest BCUT2D eigenvalue weighted by Crippen LogP contribution is -2.51. The number of aliphatic hydroxyl groups is 1. The molecule has 0 radical (unpaired) electrons. The van der Waals surface area contributed by atoms with E-state index in [0.717, 1.165) is 53.7 Å². The van der Waals surface area contributed by atoms with E-state index >= 15 is 0 Å². The predicted octanol–water partition coefficient (Wildman–Crippen LogP) is 4.97. The van der Waals surface area contributed by atoms with Crippen LogP contribution in [0, 0.1) is 0 Å². The molecule has 32 heavy (non-hydrogen) atoms. The molecule has 2 aliphatic rings. The molecule has 3 aromatic rings. The van der Waals surface area contributed by atoms with Crippen LogP contribution in [-0.4, -0.2) is 36.2 Å². The largest absolute Gasteiger partial charge is 0.492 e. The minimum atomic E-state index is -0.446. The van der Waals surface area contributed by atoms with Crippen LogP contribution >= 0.6 is 0 Å². The number of carbonyl (C=O) groups is 1. The number of furan rings is 1. The smallest absolute Gasteiger partial charge is 0.197 e. The Labute approximate surface area is 188 Å². The number of benzene rings is 2. The molecule has 0 aliphatic heterocycles. The Kier molecular flexibility index (Phi) is 5.34. The summed E-state index contributed by atoms with van der Waals surface area (Å²) in [6.45, 7) is 5.54. The lowest BCUT2D eigenvalue weighted by molar-refractivity contribution is 0.102. The molecule has 5 rings (SSSR count). The zero-order chi connectivity index (χ0) is 22.3. The molecule has 1 aromatic heterocycles. The van der Waals surface area contributed by atoms with Gasteiger partial charge in [-0.1, -0.05) is 37.5 Å².